The third-order valence-corrected chi connectivity index (χ3v) is 4.23. The summed E-state index contributed by atoms with van der Waals surface area (Å²) in [6.45, 7) is 10.7. The van der Waals surface area contributed by atoms with Gasteiger partial charge in [0, 0.05) is 17.3 Å². The number of imidazole rings is 1. The highest BCUT2D eigenvalue weighted by molar-refractivity contribution is 5.74. The van der Waals surface area contributed by atoms with Crippen molar-refractivity contribution in [3.05, 3.63) is 42.0 Å². The zero-order chi connectivity index (χ0) is 18.9. The van der Waals surface area contributed by atoms with E-state index in [2.05, 4.69) is 23.9 Å². The van der Waals surface area contributed by atoms with Crippen molar-refractivity contribution in [3.63, 3.8) is 0 Å². The Kier molecular flexibility index (Phi) is 4.96. The minimum Gasteiger partial charge on any atom is -0.490 e. The van der Waals surface area contributed by atoms with Gasteiger partial charge in [0.1, 0.15) is 12.4 Å². The summed E-state index contributed by atoms with van der Waals surface area (Å²) in [7, 11) is 0. The van der Waals surface area contributed by atoms with E-state index in [1.165, 1.54) is 0 Å². The Labute approximate surface area is 154 Å². The minimum atomic E-state index is -0.357. The van der Waals surface area contributed by atoms with Gasteiger partial charge in [-0.1, -0.05) is 13.8 Å². The van der Waals surface area contributed by atoms with Crippen LogP contribution in [0, 0.1) is 19.8 Å². The van der Waals surface area contributed by atoms with Gasteiger partial charge in [0.2, 0.25) is 0 Å². The zero-order valence-electron chi connectivity index (χ0n) is 16.2. The minimum absolute atomic E-state index is 0.357. The molecule has 2 N–H and O–H groups in total. The van der Waals surface area contributed by atoms with E-state index in [0.717, 1.165) is 40.5 Å². The summed E-state index contributed by atoms with van der Waals surface area (Å²) in [5, 5.41) is 4.30. The van der Waals surface area contributed by atoms with Crippen LogP contribution in [-0.4, -0.2) is 31.7 Å². The van der Waals surface area contributed by atoms with E-state index in [4.69, 9.17) is 15.5 Å². The second-order valence-corrected chi connectivity index (χ2v) is 7.72. The van der Waals surface area contributed by atoms with Gasteiger partial charge in [0.05, 0.1) is 23.3 Å². The monoisotopic (exact) mass is 353 g/mol. The molecule has 26 heavy (non-hydrogen) atoms. The molecule has 0 spiro atoms. The molecule has 0 fully saturated rings. The molecule has 6 nitrogen and oxygen atoms in total. The molecule has 0 radical (unpaired) electrons. The first-order chi connectivity index (χ1) is 12.2. The first kappa shape index (κ1) is 18.3. The molecular weight excluding hydrogens is 326 g/mol. The number of aromatic nitrogens is 4. The van der Waals surface area contributed by atoms with E-state index >= 15 is 0 Å². The van der Waals surface area contributed by atoms with Crippen LogP contribution in [0.1, 0.15) is 38.6 Å². The molecule has 0 aliphatic carbocycles. The highest BCUT2D eigenvalue weighted by Gasteiger charge is 2.21. The number of hydrogen-bond donors (Lipinski definition) is 1. The number of nitrogens with zero attached hydrogens (tertiary/aromatic N) is 4. The van der Waals surface area contributed by atoms with Gasteiger partial charge in [0.25, 0.3) is 0 Å². The maximum Gasteiger partial charge on any atom is 0.163 e. The summed E-state index contributed by atoms with van der Waals surface area (Å²) in [6, 6.07) is 5.84. The van der Waals surface area contributed by atoms with E-state index in [0.29, 0.717) is 12.5 Å². The smallest absolute Gasteiger partial charge is 0.163 e. The summed E-state index contributed by atoms with van der Waals surface area (Å²) in [6.07, 6.45) is 4.57. The molecule has 3 rings (SSSR count). The molecule has 1 atom stereocenters. The van der Waals surface area contributed by atoms with Gasteiger partial charge in [-0.2, -0.15) is 5.10 Å². The van der Waals surface area contributed by atoms with Crippen molar-refractivity contribution in [2.75, 3.05) is 6.61 Å². The van der Waals surface area contributed by atoms with Gasteiger partial charge in [-0.25, -0.2) is 14.5 Å². The molecule has 0 aliphatic rings. The standard InChI is InChI=1S/C20H27N5O/c1-13(2)10-20(5,21)12-26-18-7-6-17(24-15(18)4)16-8-9-22-25-11-14(3)23-19(16)25/h6-9,11,13H,10,12,21H2,1-5H3. The Hall–Kier alpha value is -2.47. The first-order valence-corrected chi connectivity index (χ1v) is 8.96. The van der Waals surface area contributed by atoms with Gasteiger partial charge >= 0.3 is 0 Å². The average molecular weight is 353 g/mol. The van der Waals surface area contributed by atoms with Crippen molar-refractivity contribution in [2.24, 2.45) is 11.7 Å². The van der Waals surface area contributed by atoms with Crippen LogP contribution in [0.3, 0.4) is 0 Å². The lowest BCUT2D eigenvalue weighted by atomic mass is 9.93. The Bertz CT molecular complexity index is 914. The topological polar surface area (TPSA) is 78.3 Å². The summed E-state index contributed by atoms with van der Waals surface area (Å²) in [5.74, 6) is 1.29. The fourth-order valence-corrected chi connectivity index (χ4v) is 3.30. The fraction of sp³-hybridized carbons (Fsp3) is 0.450. The van der Waals surface area contributed by atoms with Gasteiger partial charge in [0.15, 0.2) is 5.65 Å². The van der Waals surface area contributed by atoms with Crippen molar-refractivity contribution in [2.45, 2.75) is 46.6 Å². The maximum atomic E-state index is 6.34. The first-order valence-electron chi connectivity index (χ1n) is 8.96. The second kappa shape index (κ2) is 7.03. The van der Waals surface area contributed by atoms with Crippen molar-refractivity contribution in [1.82, 2.24) is 19.6 Å². The van der Waals surface area contributed by atoms with Gasteiger partial charge in [-0.15, -0.1) is 0 Å². The van der Waals surface area contributed by atoms with Gasteiger partial charge < -0.3 is 10.5 Å². The Balaban J connectivity index is 1.83. The van der Waals surface area contributed by atoms with E-state index in [9.17, 15) is 0 Å². The fourth-order valence-electron chi connectivity index (χ4n) is 3.30. The summed E-state index contributed by atoms with van der Waals surface area (Å²) >= 11 is 0. The summed E-state index contributed by atoms with van der Waals surface area (Å²) in [4.78, 5) is 9.27. The predicted molar refractivity (Wildman–Crippen MR) is 103 cm³/mol. The molecule has 138 valence electrons. The number of fused-ring (bicyclic) bond motifs is 1. The van der Waals surface area contributed by atoms with Gasteiger partial charge in [-0.05, 0) is 51.3 Å². The molecule has 6 heteroatoms. The van der Waals surface area contributed by atoms with Crippen LogP contribution >= 0.6 is 0 Å². The molecule has 0 aromatic carbocycles. The largest absolute Gasteiger partial charge is 0.490 e. The normalized spacial score (nSPS) is 14.0. The van der Waals surface area contributed by atoms with Crippen molar-refractivity contribution < 1.29 is 4.74 Å². The van der Waals surface area contributed by atoms with Crippen LogP contribution in [0.4, 0.5) is 0 Å². The average Bonchev–Trinajstić information content (AvgIpc) is 2.92. The van der Waals surface area contributed by atoms with Crippen LogP contribution in [0.2, 0.25) is 0 Å². The third kappa shape index (κ3) is 4.02. The number of pyridine rings is 1. The van der Waals surface area contributed by atoms with E-state index < -0.39 is 0 Å². The Morgan fingerprint density at radius 3 is 2.65 bits per heavy atom. The lowest BCUT2D eigenvalue weighted by Crippen LogP contribution is -2.43. The number of rotatable bonds is 6. The second-order valence-electron chi connectivity index (χ2n) is 7.72. The van der Waals surface area contributed by atoms with Crippen LogP contribution in [-0.2, 0) is 0 Å². The summed E-state index contributed by atoms with van der Waals surface area (Å²) < 4.78 is 7.74. The van der Waals surface area contributed by atoms with Gasteiger partial charge in [-0.3, -0.25) is 0 Å². The van der Waals surface area contributed by atoms with Crippen molar-refractivity contribution >= 4 is 5.65 Å². The van der Waals surface area contributed by atoms with Crippen LogP contribution in [0.25, 0.3) is 16.9 Å². The van der Waals surface area contributed by atoms with Crippen LogP contribution in [0.5, 0.6) is 5.75 Å². The van der Waals surface area contributed by atoms with E-state index in [-0.39, 0.29) is 5.54 Å². The molecule has 1 unspecified atom stereocenters. The highest BCUT2D eigenvalue weighted by atomic mass is 16.5. The number of nitrogens with two attached hydrogens (primary N) is 1. The number of aryl methyl sites for hydroxylation is 2. The van der Waals surface area contributed by atoms with Crippen molar-refractivity contribution in [1.29, 1.82) is 0 Å². The van der Waals surface area contributed by atoms with Crippen molar-refractivity contribution in [3.8, 4) is 17.0 Å². The number of ether oxygens (including phenoxy) is 1. The predicted octanol–water partition coefficient (Wildman–Crippen LogP) is 3.55. The quantitative estimate of drug-likeness (QED) is 0.733. The highest BCUT2D eigenvalue weighted by Crippen LogP contribution is 2.26. The number of hydrogen-bond acceptors (Lipinski definition) is 5. The maximum absolute atomic E-state index is 6.34. The zero-order valence-corrected chi connectivity index (χ0v) is 16.2. The Morgan fingerprint density at radius 2 is 1.96 bits per heavy atom. The molecule has 0 aliphatic heterocycles. The molecule has 3 aromatic heterocycles. The molecule has 3 aromatic rings. The summed E-state index contributed by atoms with van der Waals surface area (Å²) in [5.41, 5.74) is 10.3. The molecule has 0 saturated heterocycles. The lowest BCUT2D eigenvalue weighted by molar-refractivity contribution is 0.205. The molecule has 0 bridgehead atoms. The van der Waals surface area contributed by atoms with Crippen LogP contribution in [0.15, 0.2) is 30.6 Å². The lowest BCUT2D eigenvalue weighted by Gasteiger charge is -2.27. The molecule has 0 amide bonds. The third-order valence-electron chi connectivity index (χ3n) is 4.23. The van der Waals surface area contributed by atoms with E-state index in [1.807, 2.05) is 45.2 Å². The molecule has 3 heterocycles. The molecule has 0 saturated carbocycles. The SMILES string of the molecule is Cc1cn2nccc(-c3ccc(OCC(C)(N)CC(C)C)c(C)n3)c2n1. The van der Waals surface area contributed by atoms with Crippen LogP contribution < -0.4 is 10.5 Å². The van der Waals surface area contributed by atoms with E-state index in [1.54, 1.807) is 10.7 Å². The Morgan fingerprint density at radius 1 is 1.19 bits per heavy atom. The molecular formula is C20H27N5O.